The van der Waals surface area contributed by atoms with Gasteiger partial charge >= 0.3 is 18.5 Å². The molecule has 12 heteroatoms. The number of rotatable bonds is 5. The van der Waals surface area contributed by atoms with Gasteiger partial charge in [0.25, 0.3) is 0 Å². The highest BCUT2D eigenvalue weighted by molar-refractivity contribution is 14.1. The molecule has 0 bridgehead atoms. The Balaban J connectivity index is 5.70. The predicted octanol–water partition coefficient (Wildman–Crippen LogP) is 6.14. The third-order valence-electron chi connectivity index (χ3n) is 2.89. The molecule has 0 rings (SSSR count). The minimum atomic E-state index is -5.98. The minimum absolute atomic E-state index is 0.176. The molecular formula is C10H10F11I. The highest BCUT2D eigenvalue weighted by Crippen LogP contribution is 2.50. The highest BCUT2D eigenvalue weighted by atomic mass is 127. The molecule has 0 saturated carbocycles. The van der Waals surface area contributed by atoms with E-state index in [2.05, 4.69) is 0 Å². The second kappa shape index (κ2) is 6.83. The Labute approximate surface area is 131 Å². The molecule has 0 aliphatic carbocycles. The van der Waals surface area contributed by atoms with Crippen LogP contribution in [0.25, 0.3) is 0 Å². The minimum Gasteiger partial charge on any atom is -0.236 e. The van der Waals surface area contributed by atoms with Gasteiger partial charge in [-0.1, -0.05) is 0 Å². The van der Waals surface area contributed by atoms with Crippen molar-refractivity contribution in [3.63, 3.8) is 0 Å². The van der Waals surface area contributed by atoms with Crippen molar-refractivity contribution in [2.45, 2.75) is 48.1 Å². The van der Waals surface area contributed by atoms with E-state index >= 15 is 0 Å². The SMILES string of the molecule is CC(F)(CC(CC(F)I)C(C(F)(F)F)C(F)(F)F)C(F)(F)F. The first-order valence-corrected chi connectivity index (χ1v) is 6.81. The van der Waals surface area contributed by atoms with Crippen LogP contribution in [0, 0.1) is 11.8 Å². The molecule has 0 aliphatic rings. The Morgan fingerprint density at radius 1 is 0.818 bits per heavy atom. The second-order valence-corrected chi connectivity index (χ2v) is 6.20. The summed E-state index contributed by atoms with van der Waals surface area (Å²) in [6, 6.07) is 0. The normalized spacial score (nSPS) is 19.9. The van der Waals surface area contributed by atoms with Crippen LogP contribution in [-0.2, 0) is 0 Å². The van der Waals surface area contributed by atoms with Crippen molar-refractivity contribution in [2.24, 2.45) is 11.8 Å². The number of hydrogen-bond acceptors (Lipinski definition) is 0. The van der Waals surface area contributed by atoms with Crippen LogP contribution in [-0.4, -0.2) is 28.4 Å². The first-order chi connectivity index (χ1) is 9.39. The lowest BCUT2D eigenvalue weighted by molar-refractivity contribution is -0.307. The molecule has 0 aromatic rings. The van der Waals surface area contributed by atoms with Gasteiger partial charge < -0.3 is 0 Å². The summed E-state index contributed by atoms with van der Waals surface area (Å²) < 4.78 is 136. The number of halogens is 12. The van der Waals surface area contributed by atoms with Crippen molar-refractivity contribution in [2.75, 3.05) is 0 Å². The quantitative estimate of drug-likeness (QED) is 0.259. The second-order valence-electron chi connectivity index (χ2n) is 4.85. The van der Waals surface area contributed by atoms with Crippen LogP contribution in [0.1, 0.15) is 19.8 Å². The Hall–Kier alpha value is -0.0400. The summed E-state index contributed by atoms with van der Waals surface area (Å²) in [5.74, 6) is -7.19. The van der Waals surface area contributed by atoms with E-state index in [9.17, 15) is 48.3 Å². The van der Waals surface area contributed by atoms with Gasteiger partial charge in [0.15, 0.2) is 10.1 Å². The molecule has 0 saturated heterocycles. The van der Waals surface area contributed by atoms with Crippen molar-refractivity contribution in [1.29, 1.82) is 0 Å². The first kappa shape index (κ1) is 22.0. The molecule has 0 nitrogen and oxygen atoms in total. The van der Waals surface area contributed by atoms with Gasteiger partial charge in [0, 0.05) is 0 Å². The highest BCUT2D eigenvalue weighted by Gasteiger charge is 2.63. The van der Waals surface area contributed by atoms with Crippen LogP contribution in [0.2, 0.25) is 0 Å². The third-order valence-corrected chi connectivity index (χ3v) is 3.40. The summed E-state index contributed by atoms with van der Waals surface area (Å²) >= 11 is 0.815. The standard InChI is InChI=1S/C10H10F11I/c1-7(12,10(19,20)21)3-4(2-5(11)22)6(8(13,14)15)9(16,17)18/h4-6H,2-3H2,1H3. The fourth-order valence-electron chi connectivity index (χ4n) is 1.89. The summed E-state index contributed by atoms with van der Waals surface area (Å²) in [6.07, 6.45) is -21.3. The van der Waals surface area contributed by atoms with Gasteiger partial charge in [-0.05, 0) is 48.3 Å². The Morgan fingerprint density at radius 3 is 1.41 bits per heavy atom. The van der Waals surface area contributed by atoms with E-state index in [1.54, 1.807) is 0 Å². The maximum Gasteiger partial charge on any atom is 0.422 e. The van der Waals surface area contributed by atoms with Crippen LogP contribution in [0.4, 0.5) is 48.3 Å². The van der Waals surface area contributed by atoms with E-state index in [4.69, 9.17) is 0 Å². The lowest BCUT2D eigenvalue weighted by Gasteiger charge is -2.35. The molecule has 0 aromatic heterocycles. The van der Waals surface area contributed by atoms with Gasteiger partial charge in [0.05, 0.1) is 0 Å². The van der Waals surface area contributed by atoms with Gasteiger partial charge in [-0.2, -0.15) is 39.5 Å². The lowest BCUT2D eigenvalue weighted by atomic mass is 9.80. The van der Waals surface area contributed by atoms with Crippen LogP contribution in [0.15, 0.2) is 0 Å². The van der Waals surface area contributed by atoms with Gasteiger partial charge in [-0.25, -0.2) is 8.78 Å². The van der Waals surface area contributed by atoms with Crippen molar-refractivity contribution < 1.29 is 48.3 Å². The Kier molecular flexibility index (Phi) is 6.82. The predicted molar refractivity (Wildman–Crippen MR) is 62.8 cm³/mol. The van der Waals surface area contributed by atoms with E-state index in [0.29, 0.717) is 0 Å². The van der Waals surface area contributed by atoms with Crippen LogP contribution < -0.4 is 0 Å². The monoisotopic (exact) mass is 466 g/mol. The van der Waals surface area contributed by atoms with Crippen molar-refractivity contribution in [3.05, 3.63) is 0 Å². The molecule has 0 amide bonds. The van der Waals surface area contributed by atoms with Gasteiger partial charge in [-0.3, -0.25) is 0 Å². The van der Waals surface area contributed by atoms with Crippen molar-refractivity contribution in [1.82, 2.24) is 0 Å². The molecule has 0 aromatic carbocycles. The maximum absolute atomic E-state index is 13.4. The Morgan fingerprint density at radius 2 is 1.18 bits per heavy atom. The molecule has 0 fully saturated rings. The van der Waals surface area contributed by atoms with Crippen molar-refractivity contribution >= 4 is 22.6 Å². The fraction of sp³-hybridized carbons (Fsp3) is 1.00. The average molecular weight is 466 g/mol. The zero-order valence-corrected chi connectivity index (χ0v) is 12.8. The smallest absolute Gasteiger partial charge is 0.236 e. The van der Waals surface area contributed by atoms with E-state index in [-0.39, 0.29) is 6.92 Å². The average Bonchev–Trinajstić information content (AvgIpc) is 2.07. The maximum atomic E-state index is 13.4. The van der Waals surface area contributed by atoms with Crippen molar-refractivity contribution in [3.8, 4) is 0 Å². The molecular weight excluding hydrogens is 456 g/mol. The van der Waals surface area contributed by atoms with E-state index in [1.165, 1.54) is 0 Å². The number of hydrogen-bond donors (Lipinski definition) is 0. The molecule has 0 spiro atoms. The fourth-order valence-corrected chi connectivity index (χ4v) is 2.55. The Bertz CT molecular complexity index is 337. The number of alkyl halides is 12. The third kappa shape index (κ3) is 6.22. The zero-order chi connectivity index (χ0) is 18.1. The van der Waals surface area contributed by atoms with E-state index < -0.39 is 53.1 Å². The van der Waals surface area contributed by atoms with Crippen LogP contribution >= 0.6 is 22.6 Å². The zero-order valence-electron chi connectivity index (χ0n) is 10.7. The molecule has 0 radical (unpaired) electrons. The van der Waals surface area contributed by atoms with Gasteiger partial charge in [0.2, 0.25) is 5.67 Å². The van der Waals surface area contributed by atoms with E-state index in [1.807, 2.05) is 0 Å². The van der Waals surface area contributed by atoms with Gasteiger partial charge in [-0.15, -0.1) is 0 Å². The summed E-state index contributed by atoms with van der Waals surface area (Å²) in [4.78, 5) is 0. The summed E-state index contributed by atoms with van der Waals surface area (Å²) in [5.41, 5.74) is -4.31. The molecule has 0 aliphatic heterocycles. The molecule has 3 unspecified atom stereocenters. The molecule has 3 atom stereocenters. The van der Waals surface area contributed by atoms with Crippen LogP contribution in [0.3, 0.4) is 0 Å². The van der Waals surface area contributed by atoms with E-state index in [0.717, 1.165) is 22.6 Å². The molecule has 22 heavy (non-hydrogen) atoms. The topological polar surface area (TPSA) is 0 Å². The lowest BCUT2D eigenvalue weighted by Crippen LogP contribution is -2.47. The van der Waals surface area contributed by atoms with Crippen LogP contribution in [0.5, 0.6) is 0 Å². The largest absolute Gasteiger partial charge is 0.422 e. The van der Waals surface area contributed by atoms with Gasteiger partial charge in [0.1, 0.15) is 0 Å². The summed E-state index contributed by atoms with van der Waals surface area (Å²) in [5, 5.41) is 0. The first-order valence-electron chi connectivity index (χ1n) is 5.57. The molecule has 0 N–H and O–H groups in total. The summed E-state index contributed by atoms with van der Waals surface area (Å²) in [6.45, 7) is -0.176. The summed E-state index contributed by atoms with van der Waals surface area (Å²) in [7, 11) is 0. The molecule has 0 heterocycles. The molecule has 134 valence electrons.